The van der Waals surface area contributed by atoms with Crippen LogP contribution in [0, 0.1) is 0 Å². The van der Waals surface area contributed by atoms with Gasteiger partial charge in [-0.15, -0.1) is 0 Å². The van der Waals surface area contributed by atoms with Crippen LogP contribution in [0.3, 0.4) is 0 Å². The van der Waals surface area contributed by atoms with Crippen molar-refractivity contribution in [3.63, 3.8) is 0 Å². The van der Waals surface area contributed by atoms with Gasteiger partial charge in [-0.05, 0) is 6.42 Å². The van der Waals surface area contributed by atoms with Crippen LogP contribution in [0.4, 0.5) is 17.8 Å². The molecule has 1 unspecified atom stereocenters. The molecule has 1 aromatic rings. The molecule has 1 heterocycles. The Labute approximate surface area is 114 Å². The Morgan fingerprint density at radius 1 is 1.21 bits per heavy atom. The second kappa shape index (κ2) is 7.73. The lowest BCUT2D eigenvalue weighted by molar-refractivity contribution is 0.182. The molecule has 0 saturated carbocycles. The van der Waals surface area contributed by atoms with Gasteiger partial charge in [0.1, 0.15) is 0 Å². The number of hydrogen-bond donors (Lipinski definition) is 2. The number of nitrogens with one attached hydrogen (secondary N) is 2. The van der Waals surface area contributed by atoms with E-state index in [9.17, 15) is 0 Å². The summed E-state index contributed by atoms with van der Waals surface area (Å²) in [6, 6.07) is 0.206. The lowest BCUT2D eigenvalue weighted by Gasteiger charge is -2.18. The van der Waals surface area contributed by atoms with E-state index >= 15 is 0 Å². The standard InChI is InChI=1S/C12H24N6O/c1-6-7-9(8-19-5)14-11-15-10(13-2)16-12(17-11)18(3)4/h9H,6-8H2,1-5H3,(H2,13,14,15,16,17). The smallest absolute Gasteiger partial charge is 0.231 e. The molecule has 0 aliphatic carbocycles. The predicted octanol–water partition coefficient (Wildman–Crippen LogP) is 1.21. The van der Waals surface area contributed by atoms with Gasteiger partial charge in [0.2, 0.25) is 17.8 Å². The minimum atomic E-state index is 0.206. The maximum Gasteiger partial charge on any atom is 0.231 e. The van der Waals surface area contributed by atoms with Gasteiger partial charge in [0.15, 0.2) is 0 Å². The molecule has 0 spiro atoms. The Hall–Kier alpha value is -1.63. The van der Waals surface area contributed by atoms with E-state index in [0.717, 1.165) is 12.8 Å². The van der Waals surface area contributed by atoms with E-state index in [4.69, 9.17) is 4.74 Å². The highest BCUT2D eigenvalue weighted by Crippen LogP contribution is 2.13. The predicted molar refractivity (Wildman–Crippen MR) is 77.9 cm³/mol. The lowest BCUT2D eigenvalue weighted by Crippen LogP contribution is -2.27. The lowest BCUT2D eigenvalue weighted by atomic mass is 10.2. The van der Waals surface area contributed by atoms with E-state index in [1.807, 2.05) is 19.0 Å². The summed E-state index contributed by atoms with van der Waals surface area (Å²) in [4.78, 5) is 14.8. The highest BCUT2D eigenvalue weighted by atomic mass is 16.5. The van der Waals surface area contributed by atoms with Crippen LogP contribution < -0.4 is 15.5 Å². The van der Waals surface area contributed by atoms with Gasteiger partial charge in [-0.2, -0.15) is 15.0 Å². The first-order valence-electron chi connectivity index (χ1n) is 6.47. The molecule has 0 aliphatic heterocycles. The molecular weight excluding hydrogens is 244 g/mol. The summed E-state index contributed by atoms with van der Waals surface area (Å²) in [7, 11) is 7.29. The molecule has 0 saturated heterocycles. The quantitative estimate of drug-likeness (QED) is 0.734. The van der Waals surface area contributed by atoms with Crippen LogP contribution in [-0.4, -0.2) is 55.9 Å². The Morgan fingerprint density at radius 3 is 2.42 bits per heavy atom. The highest BCUT2D eigenvalue weighted by Gasteiger charge is 2.12. The summed E-state index contributed by atoms with van der Waals surface area (Å²) in [6.45, 7) is 2.77. The van der Waals surface area contributed by atoms with E-state index in [0.29, 0.717) is 24.5 Å². The molecule has 19 heavy (non-hydrogen) atoms. The van der Waals surface area contributed by atoms with Crippen molar-refractivity contribution < 1.29 is 4.74 Å². The second-order valence-corrected chi connectivity index (χ2v) is 4.51. The third-order valence-corrected chi connectivity index (χ3v) is 2.59. The van der Waals surface area contributed by atoms with Gasteiger partial charge < -0.3 is 20.3 Å². The van der Waals surface area contributed by atoms with Crippen molar-refractivity contribution in [2.24, 2.45) is 0 Å². The first kappa shape index (κ1) is 15.4. The van der Waals surface area contributed by atoms with Crippen LogP contribution in [0.25, 0.3) is 0 Å². The SMILES string of the molecule is CCCC(COC)Nc1nc(NC)nc(N(C)C)n1. The van der Waals surface area contributed by atoms with Crippen LogP contribution in [0.15, 0.2) is 0 Å². The first-order chi connectivity index (χ1) is 9.10. The number of nitrogens with zero attached hydrogens (tertiary/aromatic N) is 4. The normalized spacial score (nSPS) is 12.1. The molecule has 0 amide bonds. The van der Waals surface area contributed by atoms with E-state index < -0.39 is 0 Å². The van der Waals surface area contributed by atoms with Crippen LogP contribution in [0.2, 0.25) is 0 Å². The Kier molecular flexibility index (Phi) is 6.27. The zero-order chi connectivity index (χ0) is 14.3. The van der Waals surface area contributed by atoms with E-state index in [-0.39, 0.29) is 6.04 Å². The molecule has 0 bridgehead atoms. The Morgan fingerprint density at radius 2 is 1.89 bits per heavy atom. The summed E-state index contributed by atoms with van der Waals surface area (Å²) >= 11 is 0. The highest BCUT2D eigenvalue weighted by molar-refractivity contribution is 5.43. The molecule has 0 radical (unpaired) electrons. The van der Waals surface area contributed by atoms with Crippen molar-refractivity contribution in [3.8, 4) is 0 Å². The zero-order valence-corrected chi connectivity index (χ0v) is 12.4. The van der Waals surface area contributed by atoms with Gasteiger partial charge >= 0.3 is 0 Å². The molecule has 1 aromatic heterocycles. The van der Waals surface area contributed by atoms with Crippen LogP contribution in [0.5, 0.6) is 0 Å². The molecule has 1 atom stereocenters. The maximum atomic E-state index is 5.20. The van der Waals surface area contributed by atoms with Gasteiger partial charge in [-0.3, -0.25) is 0 Å². The number of rotatable bonds is 8. The topological polar surface area (TPSA) is 75.2 Å². The third-order valence-electron chi connectivity index (χ3n) is 2.59. The molecular formula is C12H24N6O. The zero-order valence-electron chi connectivity index (χ0n) is 12.4. The number of hydrogen-bond acceptors (Lipinski definition) is 7. The Balaban J connectivity index is 2.88. The maximum absolute atomic E-state index is 5.20. The van der Waals surface area contributed by atoms with Gasteiger partial charge in [-0.1, -0.05) is 13.3 Å². The van der Waals surface area contributed by atoms with Crippen molar-refractivity contribution >= 4 is 17.8 Å². The molecule has 2 N–H and O–H groups in total. The average Bonchev–Trinajstić information content (AvgIpc) is 2.38. The summed E-state index contributed by atoms with van der Waals surface area (Å²) < 4.78 is 5.20. The van der Waals surface area contributed by atoms with Crippen molar-refractivity contribution in [1.29, 1.82) is 0 Å². The van der Waals surface area contributed by atoms with Crippen LogP contribution >= 0.6 is 0 Å². The van der Waals surface area contributed by atoms with E-state index in [2.05, 4.69) is 32.5 Å². The minimum absolute atomic E-state index is 0.206. The van der Waals surface area contributed by atoms with Gasteiger partial charge in [-0.25, -0.2) is 0 Å². The monoisotopic (exact) mass is 268 g/mol. The summed E-state index contributed by atoms with van der Waals surface area (Å²) in [5.74, 6) is 1.74. The first-order valence-corrected chi connectivity index (χ1v) is 6.47. The average molecular weight is 268 g/mol. The number of methoxy groups -OCH3 is 1. The number of ether oxygens (including phenoxy) is 1. The Bertz CT molecular complexity index is 378. The minimum Gasteiger partial charge on any atom is -0.383 e. The molecule has 7 nitrogen and oxygen atoms in total. The largest absolute Gasteiger partial charge is 0.383 e. The van der Waals surface area contributed by atoms with E-state index in [1.165, 1.54) is 0 Å². The fraction of sp³-hybridized carbons (Fsp3) is 0.750. The second-order valence-electron chi connectivity index (χ2n) is 4.51. The molecule has 0 aliphatic rings. The number of aromatic nitrogens is 3. The molecule has 0 aromatic carbocycles. The summed E-state index contributed by atoms with van der Waals surface area (Å²) in [6.07, 6.45) is 2.08. The van der Waals surface area contributed by atoms with Gasteiger partial charge in [0, 0.05) is 28.3 Å². The fourth-order valence-electron chi connectivity index (χ4n) is 1.67. The molecule has 0 fully saturated rings. The van der Waals surface area contributed by atoms with Crippen molar-refractivity contribution in [3.05, 3.63) is 0 Å². The molecule has 108 valence electrons. The van der Waals surface area contributed by atoms with Crippen molar-refractivity contribution in [1.82, 2.24) is 15.0 Å². The summed E-state index contributed by atoms with van der Waals surface area (Å²) in [5.41, 5.74) is 0. The van der Waals surface area contributed by atoms with Crippen molar-refractivity contribution in [2.45, 2.75) is 25.8 Å². The van der Waals surface area contributed by atoms with Crippen molar-refractivity contribution in [2.75, 3.05) is 50.4 Å². The fourth-order valence-corrected chi connectivity index (χ4v) is 1.67. The molecule has 7 heteroatoms. The van der Waals surface area contributed by atoms with Gasteiger partial charge in [0.25, 0.3) is 0 Å². The van der Waals surface area contributed by atoms with Gasteiger partial charge in [0.05, 0.1) is 12.6 Å². The molecule has 1 rings (SSSR count). The van der Waals surface area contributed by atoms with Crippen LogP contribution in [-0.2, 0) is 4.74 Å². The summed E-state index contributed by atoms with van der Waals surface area (Å²) in [5, 5.41) is 6.24. The van der Waals surface area contributed by atoms with E-state index in [1.54, 1.807) is 14.2 Å². The number of anilines is 3. The van der Waals surface area contributed by atoms with Crippen LogP contribution in [0.1, 0.15) is 19.8 Å². The third kappa shape index (κ3) is 4.86.